The van der Waals surface area contributed by atoms with Crippen molar-refractivity contribution in [2.24, 2.45) is 10.2 Å². The molecule has 8 heteroatoms. The van der Waals surface area contributed by atoms with Crippen LogP contribution in [-0.2, 0) is 4.79 Å². The predicted molar refractivity (Wildman–Crippen MR) is 79.6 cm³/mol. The molecule has 0 unspecified atom stereocenters. The van der Waals surface area contributed by atoms with Crippen molar-refractivity contribution in [3.05, 3.63) is 17.7 Å². The lowest BCUT2D eigenvalue weighted by atomic mass is 10.2. The highest BCUT2D eigenvalue weighted by atomic mass is 32.2. The molecule has 1 aromatic rings. The molecule has 21 heavy (non-hydrogen) atoms. The standard InChI is InChI=1S/C13H13N3O4S/c1-18-9-5-11-10(19-2-3-20-11)4-8(9)6-14-16-13-15-12(17)7-21-13/h4-6H,2-3,7H2,1H3,(H,15,16,17). The van der Waals surface area contributed by atoms with E-state index < -0.39 is 0 Å². The van der Waals surface area contributed by atoms with Gasteiger partial charge < -0.3 is 19.5 Å². The second kappa shape index (κ2) is 6.04. The molecule has 1 aromatic carbocycles. The Morgan fingerprint density at radius 3 is 2.76 bits per heavy atom. The van der Waals surface area contributed by atoms with Crippen molar-refractivity contribution in [3.8, 4) is 17.2 Å². The quantitative estimate of drug-likeness (QED) is 0.666. The summed E-state index contributed by atoms with van der Waals surface area (Å²) in [5.41, 5.74) is 0.723. The fourth-order valence-electron chi connectivity index (χ4n) is 1.89. The molecule has 0 bridgehead atoms. The first-order chi connectivity index (χ1) is 10.3. The maximum absolute atomic E-state index is 11.0. The Balaban J connectivity index is 1.82. The van der Waals surface area contributed by atoms with E-state index in [0.29, 0.717) is 41.4 Å². The smallest absolute Gasteiger partial charge is 0.236 e. The number of amidine groups is 1. The minimum absolute atomic E-state index is 0.0640. The fraction of sp³-hybridized carbons (Fsp3) is 0.308. The number of hydrogen-bond acceptors (Lipinski definition) is 7. The normalized spacial score (nSPS) is 19.1. The zero-order valence-corrected chi connectivity index (χ0v) is 12.1. The number of methoxy groups -OCH3 is 1. The van der Waals surface area contributed by atoms with Gasteiger partial charge in [0, 0.05) is 11.6 Å². The summed E-state index contributed by atoms with van der Waals surface area (Å²) in [5.74, 6) is 2.24. The largest absolute Gasteiger partial charge is 0.496 e. The molecule has 7 nitrogen and oxygen atoms in total. The molecular formula is C13H13N3O4S. The first kappa shape index (κ1) is 13.7. The zero-order valence-electron chi connectivity index (χ0n) is 11.3. The Labute approximate surface area is 125 Å². The molecule has 110 valence electrons. The van der Waals surface area contributed by atoms with Crippen molar-refractivity contribution >= 4 is 29.1 Å². The summed E-state index contributed by atoms with van der Waals surface area (Å²) in [6.07, 6.45) is 1.55. The SMILES string of the molecule is COc1cc2c(cc1C=NN=C1NC(=O)CS1)OCCO2. The van der Waals surface area contributed by atoms with Gasteiger partial charge in [-0.3, -0.25) is 4.79 Å². The summed E-state index contributed by atoms with van der Waals surface area (Å²) in [4.78, 5) is 11.0. The predicted octanol–water partition coefficient (Wildman–Crippen LogP) is 1.02. The Bertz CT molecular complexity index is 630. The average Bonchev–Trinajstić information content (AvgIpc) is 2.92. The topological polar surface area (TPSA) is 81.5 Å². The number of nitrogens with zero attached hydrogens (tertiary/aromatic N) is 2. The molecule has 1 amide bonds. The summed E-state index contributed by atoms with van der Waals surface area (Å²) < 4.78 is 16.3. The van der Waals surface area contributed by atoms with Gasteiger partial charge in [-0.2, -0.15) is 5.10 Å². The second-order valence-corrected chi connectivity index (χ2v) is 5.19. The van der Waals surface area contributed by atoms with Crippen LogP contribution in [0.15, 0.2) is 22.3 Å². The van der Waals surface area contributed by atoms with E-state index >= 15 is 0 Å². The number of thioether (sulfide) groups is 1. The number of rotatable bonds is 3. The Hall–Kier alpha value is -2.22. The average molecular weight is 307 g/mol. The number of hydrogen-bond donors (Lipinski definition) is 1. The molecule has 0 radical (unpaired) electrons. The van der Waals surface area contributed by atoms with E-state index in [0.717, 1.165) is 5.56 Å². The van der Waals surface area contributed by atoms with E-state index in [1.165, 1.54) is 11.8 Å². The van der Waals surface area contributed by atoms with E-state index in [1.807, 2.05) is 0 Å². The first-order valence-electron chi connectivity index (χ1n) is 6.27. The summed E-state index contributed by atoms with van der Waals surface area (Å²) in [7, 11) is 1.57. The maximum Gasteiger partial charge on any atom is 0.236 e. The fourth-order valence-corrected chi connectivity index (χ4v) is 2.52. The van der Waals surface area contributed by atoms with Crippen molar-refractivity contribution in [1.29, 1.82) is 0 Å². The number of nitrogens with one attached hydrogen (secondary N) is 1. The zero-order chi connectivity index (χ0) is 14.7. The van der Waals surface area contributed by atoms with Gasteiger partial charge in [0.2, 0.25) is 5.91 Å². The van der Waals surface area contributed by atoms with E-state index in [1.54, 1.807) is 25.5 Å². The highest BCUT2D eigenvalue weighted by molar-refractivity contribution is 8.15. The molecule has 0 atom stereocenters. The van der Waals surface area contributed by atoms with Crippen LogP contribution in [-0.4, -0.2) is 43.4 Å². The molecule has 1 saturated heterocycles. The third-order valence-corrected chi connectivity index (χ3v) is 3.69. The summed E-state index contributed by atoms with van der Waals surface area (Å²) in [6.45, 7) is 1.04. The molecule has 3 rings (SSSR count). The third-order valence-electron chi connectivity index (χ3n) is 2.83. The van der Waals surface area contributed by atoms with Gasteiger partial charge in [0.25, 0.3) is 0 Å². The van der Waals surface area contributed by atoms with Crippen LogP contribution in [0.25, 0.3) is 0 Å². The molecule has 0 aliphatic carbocycles. The minimum atomic E-state index is -0.0640. The Morgan fingerprint density at radius 1 is 1.33 bits per heavy atom. The third kappa shape index (κ3) is 3.10. The van der Waals surface area contributed by atoms with Gasteiger partial charge in [-0.25, -0.2) is 0 Å². The molecule has 0 aromatic heterocycles. The molecule has 2 heterocycles. The first-order valence-corrected chi connectivity index (χ1v) is 7.26. The van der Waals surface area contributed by atoms with Crippen LogP contribution >= 0.6 is 11.8 Å². The van der Waals surface area contributed by atoms with E-state index in [-0.39, 0.29) is 5.91 Å². The lowest BCUT2D eigenvalue weighted by Gasteiger charge is -2.19. The molecule has 2 aliphatic rings. The van der Waals surface area contributed by atoms with Crippen molar-refractivity contribution in [1.82, 2.24) is 5.32 Å². The highest BCUT2D eigenvalue weighted by Crippen LogP contribution is 2.36. The van der Waals surface area contributed by atoms with Crippen molar-refractivity contribution in [3.63, 3.8) is 0 Å². The van der Waals surface area contributed by atoms with Gasteiger partial charge in [-0.1, -0.05) is 11.8 Å². The molecular weight excluding hydrogens is 294 g/mol. The van der Waals surface area contributed by atoms with Gasteiger partial charge in [0.1, 0.15) is 19.0 Å². The maximum atomic E-state index is 11.0. The molecule has 1 N–H and O–H groups in total. The van der Waals surface area contributed by atoms with Crippen LogP contribution in [0.1, 0.15) is 5.56 Å². The minimum Gasteiger partial charge on any atom is -0.496 e. The number of fused-ring (bicyclic) bond motifs is 1. The summed E-state index contributed by atoms with van der Waals surface area (Å²) in [5, 5.41) is 11.0. The highest BCUT2D eigenvalue weighted by Gasteiger charge is 2.17. The van der Waals surface area contributed by atoms with Crippen LogP contribution in [0.4, 0.5) is 0 Å². The number of amides is 1. The lowest BCUT2D eigenvalue weighted by Crippen LogP contribution is -2.19. The van der Waals surface area contributed by atoms with Crippen molar-refractivity contribution in [2.75, 3.05) is 26.1 Å². The van der Waals surface area contributed by atoms with Crippen molar-refractivity contribution < 1.29 is 19.0 Å². The van der Waals surface area contributed by atoms with Crippen LogP contribution in [0.5, 0.6) is 17.2 Å². The molecule has 2 aliphatic heterocycles. The number of carbonyl (C=O) groups excluding carboxylic acids is 1. The van der Waals surface area contributed by atoms with Crippen LogP contribution < -0.4 is 19.5 Å². The molecule has 0 spiro atoms. The number of benzene rings is 1. The molecule has 1 fully saturated rings. The van der Waals surface area contributed by atoms with Crippen LogP contribution in [0, 0.1) is 0 Å². The van der Waals surface area contributed by atoms with Gasteiger partial charge in [-0.15, -0.1) is 5.10 Å². The van der Waals surface area contributed by atoms with Gasteiger partial charge in [0.15, 0.2) is 16.7 Å². The Morgan fingerprint density at radius 2 is 2.10 bits per heavy atom. The van der Waals surface area contributed by atoms with Gasteiger partial charge in [0.05, 0.1) is 19.1 Å². The number of ether oxygens (including phenoxy) is 3. The number of carbonyl (C=O) groups is 1. The summed E-state index contributed by atoms with van der Waals surface area (Å²) >= 11 is 1.32. The van der Waals surface area contributed by atoms with Crippen molar-refractivity contribution in [2.45, 2.75) is 0 Å². The lowest BCUT2D eigenvalue weighted by molar-refractivity contribution is -0.116. The van der Waals surface area contributed by atoms with Crippen LogP contribution in [0.2, 0.25) is 0 Å². The monoisotopic (exact) mass is 307 g/mol. The van der Waals surface area contributed by atoms with Crippen LogP contribution in [0.3, 0.4) is 0 Å². The molecule has 0 saturated carbocycles. The Kier molecular flexibility index (Phi) is 3.96. The van der Waals surface area contributed by atoms with E-state index in [9.17, 15) is 4.79 Å². The van der Waals surface area contributed by atoms with Gasteiger partial charge in [-0.05, 0) is 6.07 Å². The summed E-state index contributed by atoms with van der Waals surface area (Å²) in [6, 6.07) is 3.55. The second-order valence-electron chi connectivity index (χ2n) is 4.22. The van der Waals surface area contributed by atoms with E-state index in [4.69, 9.17) is 14.2 Å². The van der Waals surface area contributed by atoms with E-state index in [2.05, 4.69) is 15.5 Å². The van der Waals surface area contributed by atoms with Gasteiger partial charge >= 0.3 is 0 Å².